The van der Waals surface area contributed by atoms with Gasteiger partial charge in [0.25, 0.3) is 0 Å². The molecule has 0 aromatic carbocycles. The van der Waals surface area contributed by atoms with Gasteiger partial charge in [-0.15, -0.1) is 0 Å². The zero-order valence-corrected chi connectivity index (χ0v) is 10.2. The summed E-state index contributed by atoms with van der Waals surface area (Å²) >= 11 is 0. The fourth-order valence-electron chi connectivity index (χ4n) is 1.51. The van der Waals surface area contributed by atoms with Crippen LogP contribution in [0.3, 0.4) is 0 Å². The van der Waals surface area contributed by atoms with Crippen LogP contribution in [0.2, 0.25) is 0 Å². The maximum Gasteiger partial charge on any atom is 0.233 e. The molecule has 13 heavy (non-hydrogen) atoms. The molecule has 1 rings (SSSR count). The molecule has 1 aliphatic rings. The number of hydrogen-bond donors (Lipinski definition) is 2. The molecule has 1 heterocycles. The van der Waals surface area contributed by atoms with E-state index in [4.69, 9.17) is 0 Å². The van der Waals surface area contributed by atoms with Crippen molar-refractivity contribution in [2.24, 2.45) is 5.92 Å². The van der Waals surface area contributed by atoms with Gasteiger partial charge in [0.15, 0.2) is 0 Å². The van der Waals surface area contributed by atoms with Crippen molar-refractivity contribution in [1.82, 2.24) is 5.32 Å². The van der Waals surface area contributed by atoms with E-state index in [1.807, 2.05) is 6.92 Å². The molecule has 1 radical (unpaired) electrons. The monoisotopic (exact) mass is 194 g/mol. The van der Waals surface area contributed by atoms with E-state index in [1.165, 1.54) is 6.92 Å². The number of carbonyl (C=O) groups excluding carboxylic acids is 2. The molecule has 0 bridgehead atoms. The van der Waals surface area contributed by atoms with Gasteiger partial charge in [-0.3, -0.25) is 9.59 Å². The van der Waals surface area contributed by atoms with Crippen molar-refractivity contribution in [2.45, 2.75) is 32.4 Å². The van der Waals surface area contributed by atoms with Crippen LogP contribution < -0.4 is 5.32 Å². The number of aliphatic hydroxyl groups excluding tert-OH is 1. The van der Waals surface area contributed by atoms with Crippen molar-refractivity contribution in [3.63, 3.8) is 0 Å². The number of hydrogen-bond acceptors (Lipinski definition) is 3. The molecule has 3 unspecified atom stereocenters. The van der Waals surface area contributed by atoms with Crippen molar-refractivity contribution >= 4 is 41.2 Å². The van der Waals surface area contributed by atoms with Crippen LogP contribution >= 0.6 is 0 Å². The minimum Gasteiger partial charge on any atom is -0.390 e. The number of rotatable bonds is 2. The van der Waals surface area contributed by atoms with Crippen LogP contribution in [0.25, 0.3) is 0 Å². The summed E-state index contributed by atoms with van der Waals surface area (Å²) in [5.74, 6) is -1.47. The Kier molecular flexibility index (Phi) is 5.14. The van der Waals surface area contributed by atoms with Gasteiger partial charge in [0.05, 0.1) is 12.1 Å². The van der Waals surface area contributed by atoms with Crippen LogP contribution in [0.1, 0.15) is 20.3 Å². The molecule has 0 spiro atoms. The number of nitrogens with one attached hydrogen (secondary N) is 1. The van der Waals surface area contributed by atoms with Crippen LogP contribution in [0.5, 0.6) is 0 Å². The summed E-state index contributed by atoms with van der Waals surface area (Å²) in [4.78, 5) is 22.0. The molecule has 0 aromatic heterocycles. The molecule has 1 saturated heterocycles. The first kappa shape index (κ1) is 13.1. The van der Waals surface area contributed by atoms with Crippen molar-refractivity contribution < 1.29 is 14.7 Å². The SMILES string of the molecule is CCC1NC(=O)C(C(C)=O)C1O.[Na]. The van der Waals surface area contributed by atoms with Gasteiger partial charge in [-0.2, -0.15) is 0 Å². The maximum atomic E-state index is 11.1. The topological polar surface area (TPSA) is 66.4 Å². The molecule has 0 aromatic rings. The van der Waals surface area contributed by atoms with Crippen molar-refractivity contribution in [1.29, 1.82) is 0 Å². The predicted octanol–water partition coefficient (Wildman–Crippen LogP) is -0.920. The Morgan fingerprint density at radius 3 is 2.38 bits per heavy atom. The van der Waals surface area contributed by atoms with Crippen LogP contribution in [0, 0.1) is 5.92 Å². The van der Waals surface area contributed by atoms with Gasteiger partial charge in [-0.1, -0.05) is 6.92 Å². The Bertz CT molecular complexity index is 219. The first-order chi connectivity index (χ1) is 5.57. The van der Waals surface area contributed by atoms with Crippen molar-refractivity contribution in [3.05, 3.63) is 0 Å². The van der Waals surface area contributed by atoms with Gasteiger partial charge in [0, 0.05) is 29.6 Å². The van der Waals surface area contributed by atoms with Crippen molar-refractivity contribution in [3.8, 4) is 0 Å². The second-order valence-corrected chi connectivity index (χ2v) is 3.10. The van der Waals surface area contributed by atoms with Crippen LogP contribution in [-0.2, 0) is 9.59 Å². The molecule has 0 aliphatic carbocycles. The Morgan fingerprint density at radius 2 is 2.15 bits per heavy atom. The van der Waals surface area contributed by atoms with Crippen LogP contribution in [0.15, 0.2) is 0 Å². The number of ketones is 1. The third kappa shape index (κ3) is 2.53. The number of aliphatic hydroxyl groups is 1. The smallest absolute Gasteiger partial charge is 0.233 e. The Balaban J connectivity index is 0.00000144. The fraction of sp³-hybridized carbons (Fsp3) is 0.750. The second kappa shape index (κ2) is 5.10. The summed E-state index contributed by atoms with van der Waals surface area (Å²) in [7, 11) is 0. The summed E-state index contributed by atoms with van der Waals surface area (Å²) in [6, 6.07) is -0.258. The van der Waals surface area contributed by atoms with E-state index in [0.29, 0.717) is 6.42 Å². The summed E-state index contributed by atoms with van der Waals surface area (Å²) < 4.78 is 0. The van der Waals surface area contributed by atoms with Gasteiger partial charge in [0.1, 0.15) is 11.7 Å². The summed E-state index contributed by atoms with van der Waals surface area (Å²) in [6.07, 6.45) is -0.198. The maximum absolute atomic E-state index is 11.1. The fourth-order valence-corrected chi connectivity index (χ4v) is 1.51. The third-order valence-corrected chi connectivity index (χ3v) is 2.24. The van der Waals surface area contributed by atoms with E-state index in [0.717, 1.165) is 0 Å². The van der Waals surface area contributed by atoms with Crippen LogP contribution in [0.4, 0.5) is 0 Å². The van der Waals surface area contributed by atoms with Gasteiger partial charge in [0.2, 0.25) is 5.91 Å². The first-order valence-corrected chi connectivity index (χ1v) is 4.06. The van der Waals surface area contributed by atoms with Gasteiger partial charge < -0.3 is 10.4 Å². The average Bonchev–Trinajstić information content (AvgIpc) is 2.25. The van der Waals surface area contributed by atoms with Gasteiger partial charge in [-0.25, -0.2) is 0 Å². The largest absolute Gasteiger partial charge is 0.390 e. The Hall–Kier alpha value is 0.1000. The number of carbonyl (C=O) groups is 2. The standard InChI is InChI=1S/C8H13NO3.Na/c1-3-5-7(11)6(4(2)10)8(12)9-5;/h5-7,11H,3H2,1-2H3,(H,9,12);. The van der Waals surface area contributed by atoms with Crippen molar-refractivity contribution in [2.75, 3.05) is 0 Å². The normalized spacial score (nSPS) is 32.2. The minimum absolute atomic E-state index is 0. The number of Topliss-reactive ketones (excluding diaryl/α,β-unsaturated/α-hetero) is 1. The third-order valence-electron chi connectivity index (χ3n) is 2.24. The van der Waals surface area contributed by atoms with E-state index in [1.54, 1.807) is 0 Å². The molecule has 5 heteroatoms. The molecule has 3 atom stereocenters. The van der Waals surface area contributed by atoms with E-state index in [9.17, 15) is 14.7 Å². The van der Waals surface area contributed by atoms with E-state index >= 15 is 0 Å². The molecule has 1 amide bonds. The summed E-state index contributed by atoms with van der Waals surface area (Å²) in [5, 5.41) is 12.1. The molecule has 1 aliphatic heterocycles. The van der Waals surface area contributed by atoms with E-state index in [2.05, 4.69) is 5.32 Å². The van der Waals surface area contributed by atoms with Gasteiger partial charge in [-0.05, 0) is 13.3 Å². The minimum atomic E-state index is -0.852. The number of amides is 1. The zero-order chi connectivity index (χ0) is 9.30. The van der Waals surface area contributed by atoms with Crippen LogP contribution in [-0.4, -0.2) is 58.5 Å². The second-order valence-electron chi connectivity index (χ2n) is 3.10. The van der Waals surface area contributed by atoms with E-state index < -0.39 is 12.0 Å². The Morgan fingerprint density at radius 1 is 1.62 bits per heavy atom. The molecule has 2 N–H and O–H groups in total. The van der Waals surface area contributed by atoms with Gasteiger partial charge >= 0.3 is 0 Å². The average molecular weight is 194 g/mol. The predicted molar refractivity (Wildman–Crippen MR) is 48.2 cm³/mol. The summed E-state index contributed by atoms with van der Waals surface area (Å²) in [6.45, 7) is 3.18. The quantitative estimate of drug-likeness (QED) is 0.441. The molecule has 1 fully saturated rings. The molecular weight excluding hydrogens is 181 g/mol. The zero-order valence-electron chi connectivity index (χ0n) is 8.20. The summed E-state index contributed by atoms with van der Waals surface area (Å²) in [5.41, 5.74) is 0. The molecule has 4 nitrogen and oxygen atoms in total. The Labute approximate surface area is 99.4 Å². The first-order valence-electron chi connectivity index (χ1n) is 4.06. The molecule has 0 saturated carbocycles. The van der Waals surface area contributed by atoms with E-state index in [-0.39, 0.29) is 47.3 Å². The molecular formula is C8H13NNaO3. The molecule has 69 valence electrons.